The van der Waals surface area contributed by atoms with E-state index in [1.165, 1.54) is 4.90 Å². The van der Waals surface area contributed by atoms with Crippen molar-refractivity contribution >= 4 is 28.8 Å². The van der Waals surface area contributed by atoms with Gasteiger partial charge in [0.2, 0.25) is 9.47 Å². The SMILES string of the molecule is C#CCN(C)C(=O)c1nnc(Cl)s1. The van der Waals surface area contributed by atoms with Crippen LogP contribution in [0.1, 0.15) is 9.80 Å². The Labute approximate surface area is 84.5 Å². The summed E-state index contributed by atoms with van der Waals surface area (Å²) in [4.78, 5) is 12.8. The minimum Gasteiger partial charge on any atom is -0.328 e. The molecule has 0 N–H and O–H groups in total. The van der Waals surface area contributed by atoms with Crippen LogP contribution in [-0.4, -0.2) is 34.6 Å². The van der Waals surface area contributed by atoms with Gasteiger partial charge in [-0.25, -0.2) is 0 Å². The van der Waals surface area contributed by atoms with Crippen LogP contribution in [0.5, 0.6) is 0 Å². The van der Waals surface area contributed by atoms with E-state index in [2.05, 4.69) is 16.1 Å². The van der Waals surface area contributed by atoms with Crippen molar-refractivity contribution in [2.24, 2.45) is 0 Å². The highest BCUT2D eigenvalue weighted by Gasteiger charge is 2.15. The molecule has 0 bridgehead atoms. The molecule has 0 atom stereocenters. The highest BCUT2D eigenvalue weighted by molar-refractivity contribution is 7.17. The van der Waals surface area contributed by atoms with Crippen LogP contribution < -0.4 is 0 Å². The maximum Gasteiger partial charge on any atom is 0.285 e. The van der Waals surface area contributed by atoms with Gasteiger partial charge < -0.3 is 4.90 Å². The molecular formula is C7H6ClN3OS. The van der Waals surface area contributed by atoms with Crippen molar-refractivity contribution in [1.82, 2.24) is 15.1 Å². The van der Waals surface area contributed by atoms with Crippen LogP contribution >= 0.6 is 22.9 Å². The first-order valence-electron chi connectivity index (χ1n) is 3.33. The summed E-state index contributed by atoms with van der Waals surface area (Å²) in [6.45, 7) is 0.246. The van der Waals surface area contributed by atoms with Crippen molar-refractivity contribution in [3.8, 4) is 12.3 Å². The van der Waals surface area contributed by atoms with Gasteiger partial charge in [-0.1, -0.05) is 17.3 Å². The molecule has 0 radical (unpaired) electrons. The summed E-state index contributed by atoms with van der Waals surface area (Å²) in [7, 11) is 1.59. The Bertz CT molecular complexity index is 357. The number of amides is 1. The van der Waals surface area contributed by atoms with E-state index in [0.717, 1.165) is 11.3 Å². The summed E-state index contributed by atoms with van der Waals surface area (Å²) in [6.07, 6.45) is 5.05. The Kier molecular flexibility index (Phi) is 3.23. The molecule has 0 aliphatic heterocycles. The fourth-order valence-corrected chi connectivity index (χ4v) is 1.49. The molecule has 13 heavy (non-hydrogen) atoms. The van der Waals surface area contributed by atoms with E-state index in [4.69, 9.17) is 18.0 Å². The second kappa shape index (κ2) is 4.21. The molecule has 0 fully saturated rings. The monoisotopic (exact) mass is 215 g/mol. The Hall–Kier alpha value is -1.12. The molecule has 1 aromatic heterocycles. The van der Waals surface area contributed by atoms with Gasteiger partial charge in [0, 0.05) is 7.05 Å². The van der Waals surface area contributed by atoms with Gasteiger partial charge in [0.05, 0.1) is 6.54 Å². The molecule has 0 unspecified atom stereocenters. The zero-order valence-electron chi connectivity index (χ0n) is 6.82. The average molecular weight is 216 g/mol. The van der Waals surface area contributed by atoms with Crippen molar-refractivity contribution in [3.05, 3.63) is 9.47 Å². The van der Waals surface area contributed by atoms with Crippen molar-refractivity contribution in [2.75, 3.05) is 13.6 Å². The third-order valence-corrected chi connectivity index (χ3v) is 2.27. The standard InChI is InChI=1S/C7H6ClN3OS/c1-3-4-11(2)6(12)5-9-10-7(8)13-5/h1H,4H2,2H3. The predicted octanol–water partition coefficient (Wildman–Crippen LogP) is 0.897. The number of nitrogens with zero attached hydrogens (tertiary/aromatic N) is 3. The summed E-state index contributed by atoms with van der Waals surface area (Å²) in [5.74, 6) is 2.09. The first-order valence-corrected chi connectivity index (χ1v) is 4.52. The number of hydrogen-bond acceptors (Lipinski definition) is 4. The summed E-state index contributed by atoms with van der Waals surface area (Å²) in [5, 5.41) is 7.36. The van der Waals surface area contributed by atoms with Crippen molar-refractivity contribution in [3.63, 3.8) is 0 Å². The zero-order valence-corrected chi connectivity index (χ0v) is 8.39. The van der Waals surface area contributed by atoms with E-state index in [1.807, 2.05) is 0 Å². The predicted molar refractivity (Wildman–Crippen MR) is 50.7 cm³/mol. The molecule has 4 nitrogen and oxygen atoms in total. The molecule has 0 aliphatic carbocycles. The fourth-order valence-electron chi connectivity index (χ4n) is 0.664. The van der Waals surface area contributed by atoms with Gasteiger partial charge in [-0.3, -0.25) is 4.79 Å². The molecule has 6 heteroatoms. The van der Waals surface area contributed by atoms with Crippen LogP contribution in [-0.2, 0) is 0 Å². The zero-order chi connectivity index (χ0) is 9.84. The second-order valence-corrected chi connectivity index (χ2v) is 3.79. The highest BCUT2D eigenvalue weighted by atomic mass is 35.5. The first kappa shape index (κ1) is 9.96. The number of rotatable bonds is 2. The number of aromatic nitrogens is 2. The van der Waals surface area contributed by atoms with Gasteiger partial charge in [0.15, 0.2) is 0 Å². The van der Waals surface area contributed by atoms with Gasteiger partial charge in [0.25, 0.3) is 5.91 Å². The largest absolute Gasteiger partial charge is 0.328 e. The van der Waals surface area contributed by atoms with Crippen molar-refractivity contribution < 1.29 is 4.79 Å². The molecule has 0 spiro atoms. The van der Waals surface area contributed by atoms with Crippen LogP contribution in [0.4, 0.5) is 0 Å². The molecule has 1 heterocycles. The van der Waals surface area contributed by atoms with Crippen LogP contribution in [0, 0.1) is 12.3 Å². The second-order valence-electron chi connectivity index (χ2n) is 2.23. The Morgan fingerprint density at radius 1 is 1.77 bits per heavy atom. The fraction of sp³-hybridized carbons (Fsp3) is 0.286. The molecular weight excluding hydrogens is 210 g/mol. The summed E-state index contributed by atoms with van der Waals surface area (Å²) in [6, 6.07) is 0. The minimum absolute atomic E-state index is 0.246. The van der Waals surface area contributed by atoms with Crippen molar-refractivity contribution in [2.45, 2.75) is 0 Å². The first-order chi connectivity index (χ1) is 6.15. The number of terminal acetylenes is 1. The number of halogens is 1. The lowest BCUT2D eigenvalue weighted by Crippen LogP contribution is -2.26. The summed E-state index contributed by atoms with van der Waals surface area (Å²) >= 11 is 6.55. The van der Waals surface area contributed by atoms with Gasteiger partial charge in [-0.15, -0.1) is 16.6 Å². The average Bonchev–Trinajstić information content (AvgIpc) is 2.51. The lowest BCUT2D eigenvalue weighted by molar-refractivity contribution is 0.0811. The van der Waals surface area contributed by atoms with Gasteiger partial charge in [0.1, 0.15) is 0 Å². The Morgan fingerprint density at radius 2 is 2.46 bits per heavy atom. The van der Waals surface area contributed by atoms with Crippen LogP contribution in [0.2, 0.25) is 4.47 Å². The van der Waals surface area contributed by atoms with E-state index in [0.29, 0.717) is 0 Å². The van der Waals surface area contributed by atoms with E-state index < -0.39 is 0 Å². The van der Waals surface area contributed by atoms with E-state index >= 15 is 0 Å². The Morgan fingerprint density at radius 3 is 2.92 bits per heavy atom. The Balaban J connectivity index is 2.74. The van der Waals surface area contributed by atoms with E-state index in [-0.39, 0.29) is 21.9 Å². The van der Waals surface area contributed by atoms with Crippen molar-refractivity contribution in [1.29, 1.82) is 0 Å². The van der Waals surface area contributed by atoms with E-state index in [9.17, 15) is 4.79 Å². The normalized spacial score (nSPS) is 9.31. The third kappa shape index (κ3) is 2.41. The van der Waals surface area contributed by atoms with Gasteiger partial charge in [-0.2, -0.15) is 0 Å². The lowest BCUT2D eigenvalue weighted by atomic mass is 10.5. The summed E-state index contributed by atoms with van der Waals surface area (Å²) < 4.78 is 0.248. The molecule has 0 aromatic carbocycles. The summed E-state index contributed by atoms with van der Waals surface area (Å²) in [5.41, 5.74) is 0. The molecule has 0 aliphatic rings. The smallest absolute Gasteiger partial charge is 0.285 e. The quantitative estimate of drug-likeness (QED) is 0.689. The van der Waals surface area contributed by atoms with Gasteiger partial charge in [-0.05, 0) is 11.6 Å². The lowest BCUT2D eigenvalue weighted by Gasteiger charge is -2.10. The number of carbonyl (C=O) groups excluding carboxylic acids is 1. The minimum atomic E-state index is -0.262. The molecule has 68 valence electrons. The van der Waals surface area contributed by atoms with Gasteiger partial charge >= 0.3 is 0 Å². The molecule has 0 saturated heterocycles. The van der Waals surface area contributed by atoms with Crippen LogP contribution in [0.15, 0.2) is 0 Å². The number of carbonyl (C=O) groups is 1. The maximum atomic E-state index is 11.4. The van der Waals surface area contributed by atoms with Crippen LogP contribution in [0.25, 0.3) is 0 Å². The third-order valence-electron chi connectivity index (χ3n) is 1.26. The topological polar surface area (TPSA) is 46.1 Å². The molecule has 1 aromatic rings. The maximum absolute atomic E-state index is 11.4. The molecule has 1 amide bonds. The molecule has 1 rings (SSSR count). The molecule has 0 saturated carbocycles. The number of hydrogen-bond donors (Lipinski definition) is 0. The highest BCUT2D eigenvalue weighted by Crippen LogP contribution is 2.15. The van der Waals surface area contributed by atoms with Crippen LogP contribution in [0.3, 0.4) is 0 Å². The van der Waals surface area contributed by atoms with E-state index in [1.54, 1.807) is 7.05 Å².